The molecule has 2 aromatic rings. The predicted octanol–water partition coefficient (Wildman–Crippen LogP) is 6.64. The number of aliphatic imine (C=N–C) groups is 1. The van der Waals surface area contributed by atoms with E-state index in [1.54, 1.807) is 0 Å². The van der Waals surface area contributed by atoms with Gasteiger partial charge in [-0.05, 0) is 91.8 Å². The Labute approximate surface area is 168 Å². The van der Waals surface area contributed by atoms with E-state index in [2.05, 4.69) is 97.6 Å². The van der Waals surface area contributed by atoms with Crippen molar-refractivity contribution in [3.63, 3.8) is 0 Å². The fourth-order valence-electron chi connectivity index (χ4n) is 3.14. The number of halogens is 2. The van der Waals surface area contributed by atoms with Gasteiger partial charge in [-0.25, -0.2) is 0 Å². The average Bonchev–Trinajstić information content (AvgIpc) is 2.54. The monoisotopic (exact) mass is 464 g/mol. The van der Waals surface area contributed by atoms with E-state index in [0.717, 1.165) is 22.0 Å². The van der Waals surface area contributed by atoms with Crippen LogP contribution in [0.1, 0.15) is 37.5 Å². The molecule has 4 heteroatoms. The molecule has 2 nitrogen and oxygen atoms in total. The molecule has 3 rings (SSSR count). The minimum Gasteiger partial charge on any atom is -0.365 e. The number of benzene rings is 2. The number of rotatable bonds is 2. The summed E-state index contributed by atoms with van der Waals surface area (Å²) in [6.07, 6.45) is 4.16. The van der Waals surface area contributed by atoms with Crippen LogP contribution in [-0.2, 0) is 0 Å². The number of anilines is 1. The molecule has 0 unspecified atom stereocenters. The maximum Gasteiger partial charge on any atom is 0.0633 e. The SMILES string of the molecule is CC1=CC(C)(C)N(C)c2cc(Cl)c(C=Nc3ccc(I)c(C)c3)cc21. The molecule has 130 valence electrons. The van der Waals surface area contributed by atoms with Crippen LogP contribution < -0.4 is 4.90 Å². The van der Waals surface area contributed by atoms with E-state index >= 15 is 0 Å². The van der Waals surface area contributed by atoms with E-state index < -0.39 is 0 Å². The summed E-state index contributed by atoms with van der Waals surface area (Å²) in [5.41, 5.74) is 6.75. The molecule has 0 atom stereocenters. The van der Waals surface area contributed by atoms with E-state index in [1.807, 2.05) is 12.3 Å². The molecule has 0 amide bonds. The van der Waals surface area contributed by atoms with E-state index in [1.165, 1.54) is 20.3 Å². The molecule has 0 N–H and O–H groups in total. The second-order valence-corrected chi connectivity index (χ2v) is 8.69. The Balaban J connectivity index is 2.01. The molecule has 1 aliphatic rings. The zero-order valence-corrected chi connectivity index (χ0v) is 18.1. The Morgan fingerprint density at radius 1 is 1.16 bits per heavy atom. The molecular formula is C21H22ClIN2. The number of nitrogens with zero attached hydrogens (tertiary/aromatic N) is 2. The van der Waals surface area contributed by atoms with Crippen molar-refractivity contribution >= 4 is 57.4 Å². The van der Waals surface area contributed by atoms with Crippen LogP contribution in [0, 0.1) is 10.5 Å². The zero-order chi connectivity index (χ0) is 18.4. The Morgan fingerprint density at radius 3 is 2.56 bits per heavy atom. The predicted molar refractivity (Wildman–Crippen MR) is 119 cm³/mol. The highest BCUT2D eigenvalue weighted by Crippen LogP contribution is 2.40. The van der Waals surface area contributed by atoms with Crippen molar-refractivity contribution in [3.05, 3.63) is 61.7 Å². The summed E-state index contributed by atoms with van der Waals surface area (Å²) in [5, 5.41) is 0.724. The maximum atomic E-state index is 6.55. The number of likely N-dealkylation sites (N-methyl/N-ethyl adjacent to an activating group) is 1. The first-order valence-corrected chi connectivity index (χ1v) is 9.72. The lowest BCUT2D eigenvalue weighted by atomic mass is 9.88. The first-order chi connectivity index (χ1) is 11.7. The molecule has 0 saturated carbocycles. The van der Waals surface area contributed by atoms with Gasteiger partial charge in [-0.15, -0.1) is 0 Å². The maximum absolute atomic E-state index is 6.55. The van der Waals surface area contributed by atoms with Crippen LogP contribution in [-0.4, -0.2) is 18.8 Å². The lowest BCUT2D eigenvalue weighted by Gasteiger charge is -2.40. The van der Waals surface area contributed by atoms with Gasteiger partial charge in [0.05, 0.1) is 16.2 Å². The van der Waals surface area contributed by atoms with Gasteiger partial charge in [0.15, 0.2) is 0 Å². The first-order valence-electron chi connectivity index (χ1n) is 8.26. The van der Waals surface area contributed by atoms with Crippen molar-refractivity contribution in [2.24, 2.45) is 4.99 Å². The van der Waals surface area contributed by atoms with Gasteiger partial charge in [-0.3, -0.25) is 4.99 Å². The topological polar surface area (TPSA) is 15.6 Å². The standard InChI is InChI=1S/C21H22ClIN2/c1-13-8-16(6-7-19(13)23)24-12-15-9-17-14(2)11-21(3,4)25(5)20(17)10-18(15)22/h6-12H,1-5H3. The average molecular weight is 465 g/mol. The third kappa shape index (κ3) is 3.63. The third-order valence-electron chi connectivity index (χ3n) is 4.83. The van der Waals surface area contributed by atoms with Crippen LogP contribution in [0.2, 0.25) is 5.02 Å². The van der Waals surface area contributed by atoms with Crippen molar-refractivity contribution < 1.29 is 0 Å². The summed E-state index contributed by atoms with van der Waals surface area (Å²) in [6, 6.07) is 10.4. The van der Waals surface area contributed by atoms with Gasteiger partial charge in [0, 0.05) is 33.6 Å². The minimum absolute atomic E-state index is 0.0191. The van der Waals surface area contributed by atoms with Crippen molar-refractivity contribution in [3.8, 4) is 0 Å². The van der Waals surface area contributed by atoms with Crippen LogP contribution in [0.25, 0.3) is 5.57 Å². The smallest absolute Gasteiger partial charge is 0.0633 e. The molecule has 1 aliphatic heterocycles. The Kier molecular flexibility index (Phi) is 5.00. The normalized spacial score (nSPS) is 16.1. The van der Waals surface area contributed by atoms with E-state index in [4.69, 9.17) is 11.6 Å². The third-order valence-corrected chi connectivity index (χ3v) is 6.37. The van der Waals surface area contributed by atoms with E-state index in [0.29, 0.717) is 0 Å². The summed E-state index contributed by atoms with van der Waals surface area (Å²) in [7, 11) is 2.11. The summed E-state index contributed by atoms with van der Waals surface area (Å²) < 4.78 is 1.25. The van der Waals surface area contributed by atoms with E-state index in [9.17, 15) is 0 Å². The van der Waals surface area contributed by atoms with Gasteiger partial charge in [0.2, 0.25) is 0 Å². The highest BCUT2D eigenvalue weighted by molar-refractivity contribution is 14.1. The largest absolute Gasteiger partial charge is 0.365 e. The van der Waals surface area contributed by atoms with Crippen LogP contribution in [0.5, 0.6) is 0 Å². The van der Waals surface area contributed by atoms with Crippen LogP contribution in [0.3, 0.4) is 0 Å². The summed E-state index contributed by atoms with van der Waals surface area (Å²) >= 11 is 8.88. The Bertz CT molecular complexity index is 897. The number of allylic oxidation sites excluding steroid dienone is 1. The molecule has 25 heavy (non-hydrogen) atoms. The second kappa shape index (κ2) is 6.76. The van der Waals surface area contributed by atoms with Crippen molar-refractivity contribution in [2.45, 2.75) is 33.2 Å². The van der Waals surface area contributed by atoms with Crippen LogP contribution in [0.4, 0.5) is 11.4 Å². The highest BCUT2D eigenvalue weighted by Gasteiger charge is 2.29. The number of hydrogen-bond donors (Lipinski definition) is 0. The molecule has 0 aliphatic carbocycles. The number of fused-ring (bicyclic) bond motifs is 1. The van der Waals surface area contributed by atoms with Gasteiger partial charge >= 0.3 is 0 Å². The van der Waals surface area contributed by atoms with Crippen molar-refractivity contribution in [1.29, 1.82) is 0 Å². The lowest BCUT2D eigenvalue weighted by Crippen LogP contribution is -2.42. The summed E-state index contributed by atoms with van der Waals surface area (Å²) in [5.74, 6) is 0. The van der Waals surface area contributed by atoms with Crippen molar-refractivity contribution in [2.75, 3.05) is 11.9 Å². The molecule has 0 aromatic heterocycles. The number of hydrogen-bond acceptors (Lipinski definition) is 2. The van der Waals surface area contributed by atoms with Crippen molar-refractivity contribution in [1.82, 2.24) is 0 Å². The quantitative estimate of drug-likeness (QED) is 0.359. The van der Waals surface area contributed by atoms with Gasteiger partial charge in [0.1, 0.15) is 0 Å². The molecule has 0 bridgehead atoms. The lowest BCUT2D eigenvalue weighted by molar-refractivity contribution is 0.598. The van der Waals surface area contributed by atoms with Crippen LogP contribution >= 0.6 is 34.2 Å². The molecular weight excluding hydrogens is 443 g/mol. The van der Waals surface area contributed by atoms with Crippen LogP contribution in [0.15, 0.2) is 41.4 Å². The number of aryl methyl sites for hydroxylation is 1. The first kappa shape index (κ1) is 18.5. The Hall–Kier alpha value is -1.33. The molecule has 1 heterocycles. The minimum atomic E-state index is -0.0191. The summed E-state index contributed by atoms with van der Waals surface area (Å²) in [6.45, 7) is 8.67. The highest BCUT2D eigenvalue weighted by atomic mass is 127. The van der Waals surface area contributed by atoms with Gasteiger partial charge in [0.25, 0.3) is 0 Å². The molecule has 0 saturated heterocycles. The molecule has 2 aromatic carbocycles. The van der Waals surface area contributed by atoms with Gasteiger partial charge in [-0.1, -0.05) is 17.7 Å². The van der Waals surface area contributed by atoms with Gasteiger partial charge < -0.3 is 4.90 Å². The van der Waals surface area contributed by atoms with E-state index in [-0.39, 0.29) is 5.54 Å². The molecule has 0 spiro atoms. The molecule has 0 fully saturated rings. The zero-order valence-electron chi connectivity index (χ0n) is 15.2. The molecule has 0 radical (unpaired) electrons. The fraction of sp³-hybridized carbons (Fsp3) is 0.286. The van der Waals surface area contributed by atoms with Gasteiger partial charge in [-0.2, -0.15) is 0 Å². The Morgan fingerprint density at radius 2 is 1.88 bits per heavy atom. The second-order valence-electron chi connectivity index (χ2n) is 7.12. The summed E-state index contributed by atoms with van der Waals surface area (Å²) in [4.78, 5) is 6.88. The fourth-order valence-corrected chi connectivity index (χ4v) is 3.68.